The number of amides is 1. The van der Waals surface area contributed by atoms with Gasteiger partial charge in [0.25, 0.3) is 0 Å². The SMILES string of the molecule is CCN(CC)C(=O)Oc1ccc2c(ccn2Cc2ccc(C)cc2)c1-c1ccc(OC)c(OC)c1. The van der Waals surface area contributed by atoms with Gasteiger partial charge >= 0.3 is 6.09 Å². The largest absolute Gasteiger partial charge is 0.493 e. The summed E-state index contributed by atoms with van der Waals surface area (Å²) in [5, 5.41) is 0.995. The Morgan fingerprint density at radius 3 is 2.20 bits per heavy atom. The molecule has 0 N–H and O–H groups in total. The van der Waals surface area contributed by atoms with Crippen LogP contribution in [0.15, 0.2) is 66.9 Å². The number of fused-ring (bicyclic) bond motifs is 1. The lowest BCUT2D eigenvalue weighted by Gasteiger charge is -2.20. The number of rotatable bonds is 8. The van der Waals surface area contributed by atoms with Gasteiger partial charge in [-0.25, -0.2) is 4.79 Å². The summed E-state index contributed by atoms with van der Waals surface area (Å²) >= 11 is 0. The number of aryl methyl sites for hydroxylation is 1. The molecule has 6 nitrogen and oxygen atoms in total. The zero-order chi connectivity index (χ0) is 24.9. The fraction of sp³-hybridized carbons (Fsp3) is 0.276. The van der Waals surface area contributed by atoms with Gasteiger partial charge in [-0.15, -0.1) is 0 Å². The van der Waals surface area contributed by atoms with Gasteiger partial charge in [-0.05, 0) is 62.2 Å². The van der Waals surface area contributed by atoms with E-state index in [0.29, 0.717) is 30.3 Å². The number of carbonyl (C=O) groups is 1. The van der Waals surface area contributed by atoms with Crippen LogP contribution >= 0.6 is 0 Å². The molecule has 0 aliphatic carbocycles. The lowest BCUT2D eigenvalue weighted by atomic mass is 10.00. The first kappa shape index (κ1) is 24.2. The number of hydrogen-bond acceptors (Lipinski definition) is 4. The predicted molar refractivity (Wildman–Crippen MR) is 140 cm³/mol. The molecule has 4 rings (SSSR count). The highest BCUT2D eigenvalue weighted by molar-refractivity contribution is 6.00. The quantitative estimate of drug-likeness (QED) is 0.293. The summed E-state index contributed by atoms with van der Waals surface area (Å²) < 4.78 is 19.1. The second-order valence-electron chi connectivity index (χ2n) is 8.41. The summed E-state index contributed by atoms with van der Waals surface area (Å²) in [5.41, 5.74) is 5.23. The van der Waals surface area contributed by atoms with Crippen LogP contribution in [0.5, 0.6) is 17.2 Å². The van der Waals surface area contributed by atoms with Crippen molar-refractivity contribution in [3.8, 4) is 28.4 Å². The van der Waals surface area contributed by atoms with E-state index in [1.165, 1.54) is 11.1 Å². The zero-order valence-corrected chi connectivity index (χ0v) is 21.0. The third-order valence-corrected chi connectivity index (χ3v) is 6.28. The summed E-state index contributed by atoms with van der Waals surface area (Å²) in [6, 6.07) is 20.3. The Morgan fingerprint density at radius 2 is 1.54 bits per heavy atom. The van der Waals surface area contributed by atoms with Gasteiger partial charge in [0.2, 0.25) is 0 Å². The highest BCUT2D eigenvalue weighted by Crippen LogP contribution is 2.41. The molecule has 0 bridgehead atoms. The monoisotopic (exact) mass is 472 g/mol. The smallest absolute Gasteiger partial charge is 0.415 e. The molecule has 0 unspecified atom stereocenters. The average molecular weight is 473 g/mol. The van der Waals surface area contributed by atoms with Gasteiger partial charge in [-0.1, -0.05) is 35.9 Å². The molecular formula is C29H32N2O4. The molecule has 3 aromatic carbocycles. The van der Waals surface area contributed by atoms with E-state index in [9.17, 15) is 4.79 Å². The molecule has 0 saturated carbocycles. The zero-order valence-electron chi connectivity index (χ0n) is 21.0. The molecule has 4 aromatic rings. The number of ether oxygens (including phenoxy) is 3. The third kappa shape index (κ3) is 4.97. The Balaban J connectivity index is 1.84. The van der Waals surface area contributed by atoms with Crippen molar-refractivity contribution in [3.63, 3.8) is 0 Å². The molecule has 182 valence electrons. The Bertz CT molecular complexity index is 1320. The van der Waals surface area contributed by atoms with Gasteiger partial charge in [-0.3, -0.25) is 0 Å². The van der Waals surface area contributed by atoms with Gasteiger partial charge in [-0.2, -0.15) is 0 Å². The molecule has 6 heteroatoms. The van der Waals surface area contributed by atoms with Crippen molar-refractivity contribution in [2.75, 3.05) is 27.3 Å². The highest BCUT2D eigenvalue weighted by Gasteiger charge is 2.20. The maximum atomic E-state index is 12.8. The Kier molecular flexibility index (Phi) is 7.30. The van der Waals surface area contributed by atoms with Crippen LogP contribution in [0.3, 0.4) is 0 Å². The number of aromatic nitrogens is 1. The number of nitrogens with zero attached hydrogens (tertiary/aromatic N) is 2. The average Bonchev–Trinajstić information content (AvgIpc) is 3.28. The first-order valence-corrected chi connectivity index (χ1v) is 11.9. The van der Waals surface area contributed by atoms with Crippen molar-refractivity contribution in [1.82, 2.24) is 9.47 Å². The molecular weight excluding hydrogens is 440 g/mol. The molecule has 0 atom stereocenters. The van der Waals surface area contributed by atoms with E-state index in [-0.39, 0.29) is 6.09 Å². The number of carbonyl (C=O) groups excluding carboxylic acids is 1. The van der Waals surface area contributed by atoms with Crippen LogP contribution in [-0.4, -0.2) is 42.9 Å². The minimum atomic E-state index is -0.366. The molecule has 0 fully saturated rings. The van der Waals surface area contributed by atoms with E-state index in [1.807, 2.05) is 44.2 Å². The fourth-order valence-corrected chi connectivity index (χ4v) is 4.30. The Morgan fingerprint density at radius 1 is 0.857 bits per heavy atom. The molecule has 0 spiro atoms. The van der Waals surface area contributed by atoms with Gasteiger partial charge in [0.05, 0.1) is 14.2 Å². The van der Waals surface area contributed by atoms with Crippen molar-refractivity contribution in [1.29, 1.82) is 0 Å². The topological polar surface area (TPSA) is 52.9 Å². The van der Waals surface area contributed by atoms with Crippen LogP contribution in [-0.2, 0) is 6.54 Å². The van der Waals surface area contributed by atoms with Crippen LogP contribution in [0.25, 0.3) is 22.0 Å². The first-order chi connectivity index (χ1) is 17.0. The van der Waals surface area contributed by atoms with Crippen LogP contribution < -0.4 is 14.2 Å². The van der Waals surface area contributed by atoms with Crippen LogP contribution in [0.2, 0.25) is 0 Å². The minimum absolute atomic E-state index is 0.366. The highest BCUT2D eigenvalue weighted by atomic mass is 16.6. The summed E-state index contributed by atoms with van der Waals surface area (Å²) in [5.74, 6) is 1.76. The molecule has 0 aliphatic heterocycles. The van der Waals surface area contributed by atoms with E-state index in [0.717, 1.165) is 28.6 Å². The molecule has 35 heavy (non-hydrogen) atoms. The van der Waals surface area contributed by atoms with Gasteiger partial charge < -0.3 is 23.7 Å². The standard InChI is InChI=1S/C29H32N2O4/c1-6-30(7-2)29(32)35-26-15-13-24-23(16-17-31(24)19-21-10-8-20(3)9-11-21)28(26)22-12-14-25(33-4)27(18-22)34-5/h8-18H,6-7,19H2,1-5H3. The molecule has 0 aliphatic rings. The summed E-state index contributed by atoms with van der Waals surface area (Å²) in [4.78, 5) is 14.5. The van der Waals surface area contributed by atoms with Gasteiger partial charge in [0.1, 0.15) is 5.75 Å². The molecule has 1 aromatic heterocycles. The molecule has 0 saturated heterocycles. The van der Waals surface area contributed by atoms with E-state index in [1.54, 1.807) is 19.1 Å². The van der Waals surface area contributed by atoms with Crippen molar-refractivity contribution >= 4 is 17.0 Å². The predicted octanol–water partition coefficient (Wildman–Crippen LogP) is 6.52. The summed E-state index contributed by atoms with van der Waals surface area (Å²) in [7, 11) is 3.22. The number of hydrogen-bond donors (Lipinski definition) is 0. The van der Waals surface area contributed by atoms with Crippen molar-refractivity contribution in [3.05, 3.63) is 78.0 Å². The molecule has 1 amide bonds. The second kappa shape index (κ2) is 10.6. The minimum Gasteiger partial charge on any atom is -0.493 e. The van der Waals surface area contributed by atoms with Crippen molar-refractivity contribution in [2.45, 2.75) is 27.3 Å². The first-order valence-electron chi connectivity index (χ1n) is 11.9. The summed E-state index contributed by atoms with van der Waals surface area (Å²) in [6.45, 7) is 7.87. The summed E-state index contributed by atoms with van der Waals surface area (Å²) in [6.07, 6.45) is 1.71. The lowest BCUT2D eigenvalue weighted by Crippen LogP contribution is -2.33. The second-order valence-corrected chi connectivity index (χ2v) is 8.41. The maximum Gasteiger partial charge on any atom is 0.415 e. The van der Waals surface area contributed by atoms with Crippen LogP contribution in [0.4, 0.5) is 4.79 Å². The Labute approximate surface area is 206 Å². The Hall–Kier alpha value is -3.93. The van der Waals surface area contributed by atoms with E-state index in [4.69, 9.17) is 14.2 Å². The van der Waals surface area contributed by atoms with Gasteiger partial charge in [0, 0.05) is 42.3 Å². The van der Waals surface area contributed by atoms with Crippen molar-refractivity contribution < 1.29 is 19.0 Å². The lowest BCUT2D eigenvalue weighted by molar-refractivity contribution is 0.157. The number of benzene rings is 3. The van der Waals surface area contributed by atoms with E-state index >= 15 is 0 Å². The van der Waals surface area contributed by atoms with Crippen LogP contribution in [0, 0.1) is 6.92 Å². The van der Waals surface area contributed by atoms with Crippen LogP contribution in [0.1, 0.15) is 25.0 Å². The van der Waals surface area contributed by atoms with E-state index < -0.39 is 0 Å². The fourth-order valence-electron chi connectivity index (χ4n) is 4.30. The molecule has 0 radical (unpaired) electrons. The normalized spacial score (nSPS) is 10.9. The molecule has 1 heterocycles. The van der Waals surface area contributed by atoms with E-state index in [2.05, 4.69) is 48.0 Å². The third-order valence-electron chi connectivity index (χ3n) is 6.28. The maximum absolute atomic E-state index is 12.8. The van der Waals surface area contributed by atoms with Crippen molar-refractivity contribution in [2.24, 2.45) is 0 Å². The van der Waals surface area contributed by atoms with Gasteiger partial charge in [0.15, 0.2) is 11.5 Å². The number of methoxy groups -OCH3 is 2.